The van der Waals surface area contributed by atoms with Crippen LogP contribution < -0.4 is 5.90 Å². The summed E-state index contributed by atoms with van der Waals surface area (Å²) in [5.41, 5.74) is 0. The summed E-state index contributed by atoms with van der Waals surface area (Å²) in [6.07, 6.45) is -0.0508. The Bertz CT molecular complexity index is 174. The lowest BCUT2D eigenvalue weighted by atomic mass is 10.1. The summed E-state index contributed by atoms with van der Waals surface area (Å²) in [6.45, 7) is 2.90. The van der Waals surface area contributed by atoms with Crippen molar-refractivity contribution >= 4 is 6.09 Å². The molecule has 0 radical (unpaired) electrons. The zero-order valence-electron chi connectivity index (χ0n) is 7.06. The average molecular weight is 174 g/mol. The Balaban J connectivity index is 2.53. The van der Waals surface area contributed by atoms with Crippen LogP contribution in [0.2, 0.25) is 0 Å². The topological polar surface area (TPSA) is 75.8 Å². The summed E-state index contributed by atoms with van der Waals surface area (Å²) in [4.78, 5) is 16.5. The van der Waals surface area contributed by atoms with Gasteiger partial charge in [-0.1, -0.05) is 6.92 Å². The van der Waals surface area contributed by atoms with Gasteiger partial charge in [0.05, 0.1) is 12.6 Å². The predicted molar refractivity (Wildman–Crippen MR) is 42.4 cm³/mol. The first-order valence-corrected chi connectivity index (χ1v) is 3.96. The number of carbonyl (C=O) groups is 1. The van der Waals surface area contributed by atoms with E-state index in [-0.39, 0.29) is 12.6 Å². The minimum absolute atomic E-state index is 0.0671. The molecule has 0 aromatic rings. The van der Waals surface area contributed by atoms with Gasteiger partial charge in [0.25, 0.3) is 0 Å². The van der Waals surface area contributed by atoms with E-state index in [0.717, 1.165) is 6.42 Å². The van der Waals surface area contributed by atoms with Crippen LogP contribution in [0, 0.1) is 5.92 Å². The lowest BCUT2D eigenvalue weighted by molar-refractivity contribution is 0.0733. The fourth-order valence-corrected chi connectivity index (χ4v) is 1.65. The van der Waals surface area contributed by atoms with E-state index in [1.54, 1.807) is 0 Å². The van der Waals surface area contributed by atoms with Gasteiger partial charge in [0.15, 0.2) is 0 Å². The molecule has 0 aromatic carbocycles. The molecule has 1 aliphatic heterocycles. The molecule has 1 amide bonds. The molecule has 2 atom stereocenters. The van der Waals surface area contributed by atoms with Crippen molar-refractivity contribution in [1.82, 2.24) is 4.90 Å². The second-order valence-electron chi connectivity index (χ2n) is 3.26. The third kappa shape index (κ3) is 1.86. The number of hydrogen-bond acceptors (Lipinski definition) is 3. The highest BCUT2D eigenvalue weighted by atomic mass is 16.6. The van der Waals surface area contributed by atoms with Gasteiger partial charge in [-0.3, -0.25) is 0 Å². The smallest absolute Gasteiger partial charge is 0.407 e. The molecule has 1 aliphatic rings. The van der Waals surface area contributed by atoms with Crippen molar-refractivity contribution in [3.63, 3.8) is 0 Å². The molecule has 12 heavy (non-hydrogen) atoms. The van der Waals surface area contributed by atoms with Crippen LogP contribution in [0.3, 0.4) is 0 Å². The Kier molecular flexibility index (Phi) is 2.88. The molecular formula is C7H14N2O3. The van der Waals surface area contributed by atoms with Crippen LogP contribution in [-0.4, -0.2) is 35.3 Å². The highest BCUT2D eigenvalue weighted by molar-refractivity contribution is 5.65. The van der Waals surface area contributed by atoms with Gasteiger partial charge in [0, 0.05) is 6.54 Å². The van der Waals surface area contributed by atoms with Crippen LogP contribution in [0.25, 0.3) is 0 Å². The summed E-state index contributed by atoms with van der Waals surface area (Å²) in [5.74, 6) is 5.30. The molecule has 3 N–H and O–H groups in total. The summed E-state index contributed by atoms with van der Waals surface area (Å²) in [7, 11) is 0. The first-order chi connectivity index (χ1) is 5.65. The predicted octanol–water partition coefficient (Wildman–Crippen LogP) is 0.265. The minimum Gasteiger partial charge on any atom is -0.465 e. The van der Waals surface area contributed by atoms with Crippen LogP contribution in [0.1, 0.15) is 13.3 Å². The molecule has 70 valence electrons. The zero-order chi connectivity index (χ0) is 9.14. The van der Waals surface area contributed by atoms with Gasteiger partial charge in [0.2, 0.25) is 0 Å². The van der Waals surface area contributed by atoms with Crippen LogP contribution >= 0.6 is 0 Å². The molecule has 5 heteroatoms. The molecule has 0 unspecified atom stereocenters. The quantitative estimate of drug-likeness (QED) is 0.589. The normalized spacial score (nSPS) is 29.3. The van der Waals surface area contributed by atoms with Crippen molar-refractivity contribution in [2.75, 3.05) is 13.2 Å². The van der Waals surface area contributed by atoms with Crippen LogP contribution in [0.5, 0.6) is 0 Å². The Morgan fingerprint density at radius 1 is 1.83 bits per heavy atom. The van der Waals surface area contributed by atoms with E-state index in [2.05, 4.69) is 4.84 Å². The molecule has 1 heterocycles. The fourth-order valence-electron chi connectivity index (χ4n) is 1.65. The molecule has 0 bridgehead atoms. The van der Waals surface area contributed by atoms with E-state index >= 15 is 0 Å². The lowest BCUT2D eigenvalue weighted by Crippen LogP contribution is -2.37. The molecule has 1 fully saturated rings. The standard InChI is InChI=1S/C7H14N2O3/c1-5-2-6(4-12-8)9(3-5)7(10)11/h5-6H,2-4,8H2,1H3,(H,10,11)/t5-,6+/m1/s1. The second-order valence-corrected chi connectivity index (χ2v) is 3.26. The van der Waals surface area contributed by atoms with Crippen molar-refractivity contribution in [3.8, 4) is 0 Å². The van der Waals surface area contributed by atoms with Crippen LogP contribution in [0.15, 0.2) is 0 Å². The first-order valence-electron chi connectivity index (χ1n) is 3.96. The first kappa shape index (κ1) is 9.28. The fraction of sp³-hybridized carbons (Fsp3) is 0.857. The van der Waals surface area contributed by atoms with Crippen molar-refractivity contribution in [2.45, 2.75) is 19.4 Å². The monoisotopic (exact) mass is 174 g/mol. The Morgan fingerprint density at radius 2 is 2.50 bits per heavy atom. The van der Waals surface area contributed by atoms with Crippen molar-refractivity contribution in [1.29, 1.82) is 0 Å². The van der Waals surface area contributed by atoms with Crippen LogP contribution in [-0.2, 0) is 4.84 Å². The van der Waals surface area contributed by atoms with E-state index in [1.807, 2.05) is 6.92 Å². The number of carboxylic acid groups (broad SMARTS) is 1. The zero-order valence-corrected chi connectivity index (χ0v) is 7.06. The van der Waals surface area contributed by atoms with E-state index in [0.29, 0.717) is 12.5 Å². The summed E-state index contributed by atoms with van der Waals surface area (Å²) in [6, 6.07) is -0.0671. The maximum absolute atomic E-state index is 10.7. The van der Waals surface area contributed by atoms with E-state index in [1.165, 1.54) is 4.90 Å². The minimum atomic E-state index is -0.888. The maximum atomic E-state index is 10.7. The Morgan fingerprint density at radius 3 is 3.00 bits per heavy atom. The highest BCUT2D eigenvalue weighted by Gasteiger charge is 2.32. The molecular weight excluding hydrogens is 160 g/mol. The molecule has 0 spiro atoms. The van der Waals surface area contributed by atoms with Gasteiger partial charge < -0.3 is 14.8 Å². The lowest BCUT2D eigenvalue weighted by Gasteiger charge is -2.19. The van der Waals surface area contributed by atoms with E-state index < -0.39 is 6.09 Å². The van der Waals surface area contributed by atoms with E-state index in [4.69, 9.17) is 11.0 Å². The summed E-state index contributed by atoms with van der Waals surface area (Å²) in [5, 5.41) is 8.76. The van der Waals surface area contributed by atoms with Gasteiger partial charge in [0.1, 0.15) is 0 Å². The third-order valence-electron chi connectivity index (χ3n) is 2.16. The molecule has 1 saturated heterocycles. The van der Waals surface area contributed by atoms with Gasteiger partial charge in [-0.05, 0) is 12.3 Å². The van der Waals surface area contributed by atoms with Crippen LogP contribution in [0.4, 0.5) is 4.79 Å². The van der Waals surface area contributed by atoms with Gasteiger partial charge in [-0.25, -0.2) is 10.7 Å². The number of amides is 1. The summed E-state index contributed by atoms with van der Waals surface area (Å²) >= 11 is 0. The highest BCUT2D eigenvalue weighted by Crippen LogP contribution is 2.22. The Hall–Kier alpha value is -0.810. The van der Waals surface area contributed by atoms with E-state index in [9.17, 15) is 4.79 Å². The molecule has 1 rings (SSSR count). The maximum Gasteiger partial charge on any atom is 0.407 e. The second kappa shape index (κ2) is 3.73. The number of likely N-dealkylation sites (tertiary alicyclic amines) is 1. The largest absolute Gasteiger partial charge is 0.465 e. The molecule has 0 aromatic heterocycles. The van der Waals surface area contributed by atoms with Crippen molar-refractivity contribution in [2.24, 2.45) is 11.8 Å². The number of rotatable bonds is 2. The number of nitrogens with zero attached hydrogens (tertiary/aromatic N) is 1. The third-order valence-corrected chi connectivity index (χ3v) is 2.16. The number of hydrogen-bond donors (Lipinski definition) is 2. The Labute approximate surface area is 71.0 Å². The number of nitrogens with two attached hydrogens (primary N) is 1. The molecule has 5 nitrogen and oxygen atoms in total. The van der Waals surface area contributed by atoms with Gasteiger partial charge in [-0.15, -0.1) is 0 Å². The van der Waals surface area contributed by atoms with Gasteiger partial charge in [-0.2, -0.15) is 0 Å². The molecule has 0 saturated carbocycles. The summed E-state index contributed by atoms with van der Waals surface area (Å²) < 4.78 is 0. The SMILES string of the molecule is C[C@@H]1C[C@@H](CON)N(C(=O)O)C1. The molecule has 0 aliphatic carbocycles. The average Bonchev–Trinajstić information content (AvgIpc) is 2.32. The van der Waals surface area contributed by atoms with Gasteiger partial charge >= 0.3 is 6.09 Å². The van der Waals surface area contributed by atoms with Crippen molar-refractivity contribution in [3.05, 3.63) is 0 Å². The van der Waals surface area contributed by atoms with Crippen molar-refractivity contribution < 1.29 is 14.7 Å².